The largest absolute Gasteiger partial charge is 0.309 e. The minimum Gasteiger partial charge on any atom is -0.309 e. The predicted octanol–water partition coefficient (Wildman–Crippen LogP) is 5.72. The van der Waals surface area contributed by atoms with Crippen LogP contribution in [0.5, 0.6) is 0 Å². The highest BCUT2D eigenvalue weighted by Crippen LogP contribution is 2.70. The van der Waals surface area contributed by atoms with Crippen molar-refractivity contribution in [3.05, 3.63) is 99.8 Å². The number of fused-ring (bicyclic) bond motifs is 4. The molecule has 0 saturated carbocycles. The molecule has 1 nitrogen and oxygen atoms in total. The summed E-state index contributed by atoms with van der Waals surface area (Å²) in [4.78, 5) is 0. The Morgan fingerprint density at radius 1 is 0.846 bits per heavy atom. The van der Waals surface area contributed by atoms with Crippen LogP contribution in [0.4, 0.5) is 0 Å². The summed E-state index contributed by atoms with van der Waals surface area (Å²) >= 11 is 6.31. The van der Waals surface area contributed by atoms with Crippen molar-refractivity contribution in [3.8, 4) is 0 Å². The molecule has 1 atom stereocenters. The Hall–Kier alpha value is -2.08. The second-order valence-corrected chi connectivity index (χ2v) is 10.6. The molecular weight excluding hydrogens is 359 g/mol. The second kappa shape index (κ2) is 5.22. The van der Waals surface area contributed by atoms with Crippen LogP contribution in [-0.4, -0.2) is 0 Å². The van der Waals surface area contributed by atoms with Gasteiger partial charge in [-0.1, -0.05) is 86.1 Å². The first-order valence-electron chi connectivity index (χ1n) is 8.77. The van der Waals surface area contributed by atoms with Gasteiger partial charge in [-0.25, -0.2) is 0 Å². The fraction of sp³-hybridized carbons (Fsp3) is 0.130. The van der Waals surface area contributed by atoms with E-state index in [2.05, 4.69) is 26.0 Å². The molecule has 2 aliphatic rings. The number of halogens is 1. The van der Waals surface area contributed by atoms with E-state index in [1.807, 2.05) is 60.7 Å². The van der Waals surface area contributed by atoms with Gasteiger partial charge in [-0.15, -0.1) is 0 Å². The van der Waals surface area contributed by atoms with Gasteiger partial charge in [0.05, 0.1) is 0 Å². The summed E-state index contributed by atoms with van der Waals surface area (Å²) in [6, 6.07) is 24.1. The first kappa shape index (κ1) is 16.1. The van der Waals surface area contributed by atoms with Crippen molar-refractivity contribution >= 4 is 34.9 Å². The van der Waals surface area contributed by atoms with E-state index in [1.54, 1.807) is 0 Å². The van der Waals surface area contributed by atoms with Gasteiger partial charge >= 0.3 is 0 Å². The van der Waals surface area contributed by atoms with Gasteiger partial charge in [-0.3, -0.25) is 0 Å². The number of allylic oxidation sites excluding steroid dienone is 1. The van der Waals surface area contributed by atoms with Crippen molar-refractivity contribution in [1.82, 2.24) is 0 Å². The third kappa shape index (κ3) is 1.85. The van der Waals surface area contributed by atoms with Gasteiger partial charge in [0, 0.05) is 26.4 Å². The molecule has 5 rings (SSSR count). The Kier molecular flexibility index (Phi) is 3.24. The minimum atomic E-state index is -2.90. The molecule has 26 heavy (non-hydrogen) atoms. The number of rotatable bonds is 1. The predicted molar refractivity (Wildman–Crippen MR) is 110 cm³/mol. The van der Waals surface area contributed by atoms with Crippen molar-refractivity contribution < 1.29 is 4.57 Å². The van der Waals surface area contributed by atoms with Gasteiger partial charge in [0.2, 0.25) is 0 Å². The van der Waals surface area contributed by atoms with Gasteiger partial charge in [0.25, 0.3) is 0 Å². The van der Waals surface area contributed by atoms with Crippen LogP contribution in [0.2, 0.25) is 5.02 Å². The van der Waals surface area contributed by atoms with Crippen LogP contribution in [0.3, 0.4) is 0 Å². The van der Waals surface area contributed by atoms with Crippen molar-refractivity contribution in [1.29, 1.82) is 0 Å². The van der Waals surface area contributed by atoms with Crippen LogP contribution in [0, 0.1) is 0 Å². The zero-order valence-electron chi connectivity index (χ0n) is 14.7. The Balaban J connectivity index is 1.93. The molecule has 1 aliphatic heterocycles. The van der Waals surface area contributed by atoms with Crippen molar-refractivity contribution in [3.63, 3.8) is 0 Å². The lowest BCUT2D eigenvalue weighted by Crippen LogP contribution is -2.25. The third-order valence-corrected chi connectivity index (χ3v) is 9.44. The van der Waals surface area contributed by atoms with E-state index in [4.69, 9.17) is 11.6 Å². The second-order valence-electron chi connectivity index (χ2n) is 7.50. The first-order chi connectivity index (χ1) is 12.5. The Morgan fingerprint density at radius 2 is 1.54 bits per heavy atom. The molecule has 0 radical (unpaired) electrons. The van der Waals surface area contributed by atoms with Gasteiger partial charge in [0.1, 0.15) is 0 Å². The maximum atomic E-state index is 14.7. The topological polar surface area (TPSA) is 17.1 Å². The Bertz CT molecular complexity index is 1140. The molecule has 1 heterocycles. The summed E-state index contributed by atoms with van der Waals surface area (Å²) in [5.41, 5.74) is 4.24. The zero-order valence-corrected chi connectivity index (χ0v) is 16.3. The molecule has 3 heteroatoms. The average molecular weight is 377 g/mol. The first-order valence-corrected chi connectivity index (χ1v) is 10.9. The standard InChI is InChI=1S/C23H18ClOP/c1-23(2)19-14-15(24)12-13-17(19)21-18-10-6-7-11-20(18)26(25,22(21)23)16-8-4-3-5-9-16/h3-14H,1-2H3/t26-/m1/s1. The van der Waals surface area contributed by atoms with Crippen molar-refractivity contribution in [2.75, 3.05) is 0 Å². The van der Waals surface area contributed by atoms with Crippen LogP contribution in [0.1, 0.15) is 30.5 Å². The third-order valence-electron chi connectivity index (χ3n) is 5.70. The molecule has 0 aromatic heterocycles. The van der Waals surface area contributed by atoms with Crippen LogP contribution in [0.15, 0.2) is 78.1 Å². The molecule has 3 aromatic carbocycles. The summed E-state index contributed by atoms with van der Waals surface area (Å²) in [5, 5.41) is 3.64. The smallest absolute Gasteiger partial charge is 0.169 e. The van der Waals surface area contributed by atoms with E-state index in [0.29, 0.717) is 0 Å². The lowest BCUT2D eigenvalue weighted by molar-refractivity contribution is 0.581. The van der Waals surface area contributed by atoms with E-state index in [9.17, 15) is 4.57 Å². The molecule has 0 fully saturated rings. The summed E-state index contributed by atoms with van der Waals surface area (Å²) in [6.07, 6.45) is 0. The number of benzene rings is 3. The molecule has 0 unspecified atom stereocenters. The molecule has 0 N–H and O–H groups in total. The van der Waals surface area contributed by atoms with Crippen LogP contribution < -0.4 is 10.6 Å². The van der Waals surface area contributed by atoms with E-state index in [-0.39, 0.29) is 5.41 Å². The van der Waals surface area contributed by atoms with Gasteiger partial charge in [-0.2, -0.15) is 0 Å². The average Bonchev–Trinajstić information content (AvgIpc) is 3.06. The molecule has 1 aliphatic carbocycles. The Labute approximate surface area is 158 Å². The van der Waals surface area contributed by atoms with Crippen LogP contribution in [0.25, 0.3) is 5.57 Å². The highest BCUT2D eigenvalue weighted by Gasteiger charge is 2.53. The molecule has 0 amide bonds. The molecular formula is C23H18ClOP. The zero-order chi connectivity index (χ0) is 18.1. The SMILES string of the molecule is CC1(C)C2=C(c3ccc(Cl)cc31)c1ccccc1[P@]2(=O)c1ccccc1. The molecule has 0 spiro atoms. The quantitative estimate of drug-likeness (QED) is 0.496. The fourth-order valence-electron chi connectivity index (χ4n) is 4.63. The summed E-state index contributed by atoms with van der Waals surface area (Å²) in [5.74, 6) is 0. The highest BCUT2D eigenvalue weighted by atomic mass is 35.5. The summed E-state index contributed by atoms with van der Waals surface area (Å²) in [6.45, 7) is 4.35. The lowest BCUT2D eigenvalue weighted by atomic mass is 9.87. The van der Waals surface area contributed by atoms with Crippen molar-refractivity contribution in [2.24, 2.45) is 0 Å². The minimum absolute atomic E-state index is 0.333. The lowest BCUT2D eigenvalue weighted by Gasteiger charge is -2.30. The summed E-state index contributed by atoms with van der Waals surface area (Å²) in [7, 11) is -2.90. The van der Waals surface area contributed by atoms with E-state index in [1.165, 1.54) is 5.56 Å². The highest BCUT2D eigenvalue weighted by molar-refractivity contribution is 7.83. The number of hydrogen-bond donors (Lipinski definition) is 0. The van der Waals surface area contributed by atoms with Crippen LogP contribution in [-0.2, 0) is 9.98 Å². The Morgan fingerprint density at radius 3 is 2.31 bits per heavy atom. The van der Waals surface area contributed by atoms with Gasteiger partial charge in [0.15, 0.2) is 7.14 Å². The van der Waals surface area contributed by atoms with Crippen molar-refractivity contribution in [2.45, 2.75) is 19.3 Å². The van der Waals surface area contributed by atoms with Gasteiger partial charge < -0.3 is 4.57 Å². The van der Waals surface area contributed by atoms with E-state index < -0.39 is 7.14 Å². The fourth-order valence-corrected chi connectivity index (χ4v) is 8.46. The molecule has 0 saturated heterocycles. The van der Waals surface area contributed by atoms with E-state index in [0.717, 1.165) is 37.6 Å². The normalized spacial score (nSPS) is 22.1. The molecule has 128 valence electrons. The molecule has 3 aromatic rings. The number of hydrogen-bond acceptors (Lipinski definition) is 1. The maximum absolute atomic E-state index is 14.7. The van der Waals surface area contributed by atoms with Crippen LogP contribution >= 0.6 is 18.7 Å². The summed E-state index contributed by atoms with van der Waals surface area (Å²) < 4.78 is 14.7. The molecule has 0 bridgehead atoms. The van der Waals surface area contributed by atoms with Gasteiger partial charge in [-0.05, 0) is 34.4 Å². The van der Waals surface area contributed by atoms with E-state index >= 15 is 0 Å². The maximum Gasteiger partial charge on any atom is 0.169 e. The monoisotopic (exact) mass is 376 g/mol.